The van der Waals surface area contributed by atoms with E-state index in [1.807, 2.05) is 11.9 Å². The third-order valence-electron chi connectivity index (χ3n) is 3.66. The summed E-state index contributed by atoms with van der Waals surface area (Å²) in [6.07, 6.45) is 1.17. The fourth-order valence-corrected chi connectivity index (χ4v) is 2.76. The van der Waals surface area contributed by atoms with E-state index in [2.05, 4.69) is 11.9 Å². The van der Waals surface area contributed by atoms with Gasteiger partial charge in [0.1, 0.15) is 10.8 Å². The number of rotatable bonds is 4. The van der Waals surface area contributed by atoms with E-state index in [-0.39, 0.29) is 10.8 Å². The predicted molar refractivity (Wildman–Crippen MR) is 81.2 cm³/mol. The number of hydrogen-bond donors (Lipinski definition) is 1. The summed E-state index contributed by atoms with van der Waals surface area (Å²) < 4.78 is 14.0. The highest BCUT2D eigenvalue weighted by Crippen LogP contribution is 2.23. The summed E-state index contributed by atoms with van der Waals surface area (Å²) in [6.45, 7) is 3.08. The quantitative estimate of drug-likeness (QED) is 0.854. The van der Waals surface area contributed by atoms with Crippen LogP contribution in [0, 0.1) is 11.7 Å². The highest BCUT2D eigenvalue weighted by atomic mass is 32.1. The minimum atomic E-state index is -0.265. The van der Waals surface area contributed by atoms with Gasteiger partial charge in [0.2, 0.25) is 0 Å². The molecule has 1 aliphatic heterocycles. The highest BCUT2D eigenvalue weighted by Gasteiger charge is 2.21. The summed E-state index contributed by atoms with van der Waals surface area (Å²) in [4.78, 5) is 4.51. The molecule has 19 heavy (non-hydrogen) atoms. The fourth-order valence-electron chi connectivity index (χ4n) is 2.63. The van der Waals surface area contributed by atoms with Crippen molar-refractivity contribution in [2.45, 2.75) is 6.42 Å². The van der Waals surface area contributed by atoms with Crippen molar-refractivity contribution >= 4 is 22.9 Å². The molecule has 0 aliphatic carbocycles. The normalized spacial score (nSPS) is 19.6. The van der Waals surface area contributed by atoms with Gasteiger partial charge >= 0.3 is 0 Å². The van der Waals surface area contributed by atoms with Gasteiger partial charge in [0.25, 0.3) is 0 Å². The summed E-state index contributed by atoms with van der Waals surface area (Å²) in [5.74, 6) is 0.337. The van der Waals surface area contributed by atoms with Crippen molar-refractivity contribution in [3.63, 3.8) is 0 Å². The van der Waals surface area contributed by atoms with Gasteiger partial charge in [-0.25, -0.2) is 4.39 Å². The third-order valence-corrected chi connectivity index (χ3v) is 3.90. The van der Waals surface area contributed by atoms with Gasteiger partial charge in [0.05, 0.1) is 5.69 Å². The summed E-state index contributed by atoms with van der Waals surface area (Å²) in [6, 6.07) is 4.94. The van der Waals surface area contributed by atoms with Crippen molar-refractivity contribution in [3.05, 3.63) is 29.6 Å². The lowest BCUT2D eigenvalue weighted by atomic mass is 10.1. The van der Waals surface area contributed by atoms with Gasteiger partial charge in [0.15, 0.2) is 0 Å². The van der Waals surface area contributed by atoms with E-state index >= 15 is 0 Å². The molecular formula is C14H20FN3S. The number of halogens is 1. The molecule has 1 aliphatic rings. The van der Waals surface area contributed by atoms with Crippen LogP contribution in [0.2, 0.25) is 0 Å². The second-order valence-corrected chi connectivity index (χ2v) is 5.77. The van der Waals surface area contributed by atoms with Crippen molar-refractivity contribution < 1.29 is 4.39 Å². The topological polar surface area (TPSA) is 32.5 Å². The molecule has 0 bridgehead atoms. The molecule has 0 aromatic heterocycles. The largest absolute Gasteiger partial charge is 0.389 e. The molecule has 5 heteroatoms. The molecule has 2 rings (SSSR count). The van der Waals surface area contributed by atoms with E-state index in [0.717, 1.165) is 19.6 Å². The Hall–Kier alpha value is -1.20. The molecule has 1 unspecified atom stereocenters. The zero-order valence-electron chi connectivity index (χ0n) is 11.4. The lowest BCUT2D eigenvalue weighted by Gasteiger charge is -2.23. The SMILES string of the molecule is CN1CCC(CN(C)c2ccc(C(N)=S)cc2F)C1. The van der Waals surface area contributed by atoms with Crippen LogP contribution in [-0.4, -0.2) is 43.6 Å². The smallest absolute Gasteiger partial charge is 0.147 e. The highest BCUT2D eigenvalue weighted by molar-refractivity contribution is 7.80. The molecule has 1 saturated heterocycles. The van der Waals surface area contributed by atoms with E-state index in [4.69, 9.17) is 18.0 Å². The molecule has 2 N–H and O–H groups in total. The standard InChI is InChI=1S/C14H20FN3S/c1-17-6-5-10(8-17)9-18(2)13-4-3-11(14(16)19)7-12(13)15/h3-4,7,10H,5-6,8-9H2,1-2H3,(H2,16,19). The lowest BCUT2D eigenvalue weighted by molar-refractivity contribution is 0.395. The summed E-state index contributed by atoms with van der Waals surface area (Å²) in [5.41, 5.74) is 6.68. The summed E-state index contributed by atoms with van der Waals surface area (Å²) >= 11 is 4.85. The second kappa shape index (κ2) is 5.84. The molecule has 3 nitrogen and oxygen atoms in total. The molecule has 104 valence electrons. The van der Waals surface area contributed by atoms with Crippen molar-refractivity contribution in [1.82, 2.24) is 4.90 Å². The first-order valence-corrected chi connectivity index (χ1v) is 6.87. The average Bonchev–Trinajstić information content (AvgIpc) is 2.74. The van der Waals surface area contributed by atoms with Crippen LogP contribution >= 0.6 is 12.2 Å². The van der Waals surface area contributed by atoms with Crippen molar-refractivity contribution in [1.29, 1.82) is 0 Å². The van der Waals surface area contributed by atoms with E-state index in [1.54, 1.807) is 12.1 Å². The number of nitrogens with two attached hydrogens (primary N) is 1. The maximum Gasteiger partial charge on any atom is 0.147 e. The Morgan fingerprint density at radius 3 is 2.84 bits per heavy atom. The molecule has 1 fully saturated rings. The molecule has 1 aromatic carbocycles. The van der Waals surface area contributed by atoms with Crippen LogP contribution in [0.25, 0.3) is 0 Å². The summed E-state index contributed by atoms with van der Waals surface area (Å²) in [7, 11) is 4.05. The monoisotopic (exact) mass is 281 g/mol. The maximum atomic E-state index is 14.0. The average molecular weight is 281 g/mol. The molecule has 1 heterocycles. The minimum absolute atomic E-state index is 0.227. The number of thiocarbonyl (C=S) groups is 1. The van der Waals surface area contributed by atoms with E-state index in [1.165, 1.54) is 12.5 Å². The zero-order chi connectivity index (χ0) is 14.0. The Morgan fingerprint density at radius 1 is 1.58 bits per heavy atom. The first-order valence-electron chi connectivity index (χ1n) is 6.46. The Kier molecular flexibility index (Phi) is 4.37. The van der Waals surface area contributed by atoms with Gasteiger partial charge in [-0.1, -0.05) is 12.2 Å². The molecule has 0 amide bonds. The number of hydrogen-bond acceptors (Lipinski definition) is 3. The third kappa shape index (κ3) is 3.42. The van der Waals surface area contributed by atoms with Crippen LogP contribution < -0.4 is 10.6 Å². The van der Waals surface area contributed by atoms with Crippen LogP contribution in [0.4, 0.5) is 10.1 Å². The number of likely N-dealkylation sites (tertiary alicyclic amines) is 1. The predicted octanol–water partition coefficient (Wildman–Crippen LogP) is 1.85. The van der Waals surface area contributed by atoms with Gasteiger partial charge in [0, 0.05) is 25.7 Å². The molecule has 1 atom stereocenters. The minimum Gasteiger partial charge on any atom is -0.389 e. The first kappa shape index (κ1) is 14.2. The van der Waals surface area contributed by atoms with Crippen LogP contribution in [0.5, 0.6) is 0 Å². The van der Waals surface area contributed by atoms with Crippen LogP contribution in [0.15, 0.2) is 18.2 Å². The van der Waals surface area contributed by atoms with Crippen molar-refractivity contribution in [2.75, 3.05) is 38.6 Å². The first-order chi connectivity index (χ1) is 8.97. The van der Waals surface area contributed by atoms with Crippen LogP contribution in [-0.2, 0) is 0 Å². The van der Waals surface area contributed by atoms with E-state index < -0.39 is 0 Å². The Labute approximate surface area is 119 Å². The zero-order valence-corrected chi connectivity index (χ0v) is 12.2. The number of nitrogens with zero attached hydrogens (tertiary/aromatic N) is 2. The lowest BCUT2D eigenvalue weighted by Crippen LogP contribution is -2.28. The number of anilines is 1. The fraction of sp³-hybridized carbons (Fsp3) is 0.500. The van der Waals surface area contributed by atoms with E-state index in [9.17, 15) is 4.39 Å². The molecular weight excluding hydrogens is 261 g/mol. The second-order valence-electron chi connectivity index (χ2n) is 5.33. The van der Waals surface area contributed by atoms with Gasteiger partial charge in [-0.15, -0.1) is 0 Å². The summed E-state index contributed by atoms with van der Waals surface area (Å²) in [5, 5.41) is 0. The van der Waals surface area contributed by atoms with Crippen LogP contribution in [0.1, 0.15) is 12.0 Å². The molecule has 0 radical (unpaired) electrons. The number of benzene rings is 1. The Bertz CT molecular complexity index is 478. The van der Waals surface area contributed by atoms with Gasteiger partial charge in [-0.2, -0.15) is 0 Å². The van der Waals surface area contributed by atoms with Crippen LogP contribution in [0.3, 0.4) is 0 Å². The maximum absolute atomic E-state index is 14.0. The van der Waals surface area contributed by atoms with Gasteiger partial charge < -0.3 is 15.5 Å². The Morgan fingerprint density at radius 2 is 2.32 bits per heavy atom. The Balaban J connectivity index is 2.06. The van der Waals surface area contributed by atoms with Crippen molar-refractivity contribution in [2.24, 2.45) is 11.7 Å². The van der Waals surface area contributed by atoms with Crippen molar-refractivity contribution in [3.8, 4) is 0 Å². The van der Waals surface area contributed by atoms with Gasteiger partial charge in [-0.3, -0.25) is 0 Å². The van der Waals surface area contributed by atoms with E-state index in [0.29, 0.717) is 17.2 Å². The molecule has 0 spiro atoms. The van der Waals surface area contributed by atoms with Gasteiger partial charge in [-0.05, 0) is 44.1 Å². The molecule has 1 aromatic rings. The molecule has 0 saturated carbocycles.